The zero-order valence-electron chi connectivity index (χ0n) is 13.4. The first kappa shape index (κ1) is 17.1. The van der Waals surface area contributed by atoms with Crippen molar-refractivity contribution in [3.8, 4) is 11.5 Å². The summed E-state index contributed by atoms with van der Waals surface area (Å²) in [6, 6.07) is 9.94. The second kappa shape index (κ2) is 7.87. The number of carbonyl (C=O) groups excluding carboxylic acids is 2. The van der Waals surface area contributed by atoms with Crippen LogP contribution in [0.3, 0.4) is 0 Å². The van der Waals surface area contributed by atoms with Crippen molar-refractivity contribution in [3.63, 3.8) is 0 Å². The molecule has 122 valence electrons. The zero-order valence-corrected chi connectivity index (χ0v) is 13.4. The summed E-state index contributed by atoms with van der Waals surface area (Å²) in [6.45, 7) is 1.34. The Morgan fingerprint density at radius 1 is 1.21 bits per heavy atom. The van der Waals surface area contributed by atoms with Crippen LogP contribution in [0, 0.1) is 0 Å². The molecule has 1 heterocycles. The molecule has 0 spiro atoms. The van der Waals surface area contributed by atoms with Crippen molar-refractivity contribution < 1.29 is 19.4 Å². The molecule has 0 aliphatic carbocycles. The molecular formula is C19H17NO4. The van der Waals surface area contributed by atoms with E-state index < -0.39 is 5.78 Å². The van der Waals surface area contributed by atoms with Crippen LogP contribution in [-0.2, 0) is 9.59 Å². The van der Waals surface area contributed by atoms with E-state index in [9.17, 15) is 14.7 Å². The van der Waals surface area contributed by atoms with Crippen molar-refractivity contribution in [1.29, 1.82) is 0 Å². The SMILES string of the molecule is COc1cc(/C=C/C(=O)C(=Cc2ccccn2)C(C)=O)ccc1O. The van der Waals surface area contributed by atoms with Crippen LogP contribution in [0.4, 0.5) is 0 Å². The van der Waals surface area contributed by atoms with Gasteiger partial charge in [-0.2, -0.15) is 0 Å². The van der Waals surface area contributed by atoms with Gasteiger partial charge in [-0.05, 0) is 48.9 Å². The lowest BCUT2D eigenvalue weighted by Crippen LogP contribution is -2.07. The van der Waals surface area contributed by atoms with Crippen LogP contribution in [0.1, 0.15) is 18.2 Å². The van der Waals surface area contributed by atoms with Crippen molar-refractivity contribution in [2.24, 2.45) is 0 Å². The first-order valence-corrected chi connectivity index (χ1v) is 7.24. The standard InChI is InChI=1S/C19H17NO4/c1-13(21)16(12-15-5-3-4-10-20-15)17(22)8-6-14-7-9-18(23)19(11-14)24-2/h3-12,23H,1-2H3/b8-6+,16-12?. The number of rotatable bonds is 6. The van der Waals surface area contributed by atoms with Crippen LogP contribution in [-0.4, -0.2) is 28.8 Å². The van der Waals surface area contributed by atoms with Crippen LogP contribution in [0.2, 0.25) is 0 Å². The molecule has 2 rings (SSSR count). The molecule has 0 atom stereocenters. The zero-order chi connectivity index (χ0) is 17.5. The highest BCUT2D eigenvalue weighted by Gasteiger charge is 2.12. The highest BCUT2D eigenvalue weighted by atomic mass is 16.5. The lowest BCUT2D eigenvalue weighted by Gasteiger charge is -2.04. The van der Waals surface area contributed by atoms with E-state index in [0.29, 0.717) is 17.0 Å². The number of allylic oxidation sites excluding steroid dienone is 2. The summed E-state index contributed by atoms with van der Waals surface area (Å²) in [4.78, 5) is 28.1. The number of Topliss-reactive ketones (excluding diaryl/α,β-unsaturated/α-hetero) is 1. The number of ether oxygens (including phenoxy) is 1. The normalized spacial score (nSPS) is 11.5. The van der Waals surface area contributed by atoms with Gasteiger partial charge in [0.15, 0.2) is 23.1 Å². The fourth-order valence-corrected chi connectivity index (χ4v) is 2.02. The Morgan fingerprint density at radius 2 is 2.00 bits per heavy atom. The number of hydrogen-bond acceptors (Lipinski definition) is 5. The minimum Gasteiger partial charge on any atom is -0.504 e. The molecule has 0 fully saturated rings. The molecule has 0 saturated carbocycles. The third-order valence-corrected chi connectivity index (χ3v) is 3.26. The van der Waals surface area contributed by atoms with Gasteiger partial charge in [0.05, 0.1) is 18.4 Å². The molecule has 0 aliphatic rings. The van der Waals surface area contributed by atoms with E-state index in [0.717, 1.165) is 0 Å². The van der Waals surface area contributed by atoms with Gasteiger partial charge in [0, 0.05) is 6.20 Å². The van der Waals surface area contributed by atoms with Crippen molar-refractivity contribution in [2.45, 2.75) is 6.92 Å². The maximum Gasteiger partial charge on any atom is 0.189 e. The van der Waals surface area contributed by atoms with E-state index in [1.807, 2.05) is 0 Å². The largest absolute Gasteiger partial charge is 0.504 e. The van der Waals surface area contributed by atoms with E-state index in [1.54, 1.807) is 42.6 Å². The maximum absolute atomic E-state index is 12.3. The van der Waals surface area contributed by atoms with Crippen LogP contribution in [0.25, 0.3) is 12.2 Å². The summed E-state index contributed by atoms with van der Waals surface area (Å²) in [5.74, 6) is -0.431. The topological polar surface area (TPSA) is 76.5 Å². The molecule has 1 aromatic heterocycles. The lowest BCUT2D eigenvalue weighted by molar-refractivity contribution is -0.118. The smallest absolute Gasteiger partial charge is 0.189 e. The summed E-state index contributed by atoms with van der Waals surface area (Å²) in [6.07, 6.45) is 5.92. The van der Waals surface area contributed by atoms with Gasteiger partial charge in [-0.1, -0.05) is 18.2 Å². The van der Waals surface area contributed by atoms with E-state index >= 15 is 0 Å². The summed E-state index contributed by atoms with van der Waals surface area (Å²) >= 11 is 0. The molecule has 0 saturated heterocycles. The van der Waals surface area contributed by atoms with Gasteiger partial charge in [0.25, 0.3) is 0 Å². The number of nitrogens with zero attached hydrogens (tertiary/aromatic N) is 1. The van der Waals surface area contributed by atoms with Crippen LogP contribution in [0.5, 0.6) is 11.5 Å². The van der Waals surface area contributed by atoms with Crippen LogP contribution in [0.15, 0.2) is 54.2 Å². The number of benzene rings is 1. The molecule has 5 nitrogen and oxygen atoms in total. The van der Waals surface area contributed by atoms with Crippen LogP contribution >= 0.6 is 0 Å². The molecule has 24 heavy (non-hydrogen) atoms. The Balaban J connectivity index is 2.25. The Kier molecular flexibility index (Phi) is 5.63. The molecule has 1 aromatic carbocycles. The number of ketones is 2. The van der Waals surface area contributed by atoms with Crippen molar-refractivity contribution in [3.05, 3.63) is 65.5 Å². The van der Waals surface area contributed by atoms with Gasteiger partial charge < -0.3 is 9.84 Å². The Bertz CT molecular complexity index is 807. The molecule has 5 heteroatoms. The minimum atomic E-state index is -0.416. The number of phenols is 1. The van der Waals surface area contributed by atoms with E-state index in [4.69, 9.17) is 4.74 Å². The summed E-state index contributed by atoms with van der Waals surface area (Å²) in [5, 5.41) is 9.56. The molecule has 0 aliphatic heterocycles. The number of aromatic nitrogens is 1. The molecule has 0 bridgehead atoms. The fourth-order valence-electron chi connectivity index (χ4n) is 2.02. The van der Waals surface area contributed by atoms with Crippen molar-refractivity contribution >= 4 is 23.7 Å². The third-order valence-electron chi connectivity index (χ3n) is 3.26. The average Bonchev–Trinajstić information content (AvgIpc) is 2.59. The molecule has 1 N–H and O–H groups in total. The molecule has 2 aromatic rings. The minimum absolute atomic E-state index is 0.0143. The van der Waals surface area contributed by atoms with Gasteiger partial charge >= 0.3 is 0 Å². The number of carbonyl (C=O) groups is 2. The highest BCUT2D eigenvalue weighted by Crippen LogP contribution is 2.26. The van der Waals surface area contributed by atoms with Crippen molar-refractivity contribution in [1.82, 2.24) is 4.98 Å². The quantitative estimate of drug-likeness (QED) is 0.502. The fraction of sp³-hybridized carbons (Fsp3) is 0.105. The predicted molar refractivity (Wildman–Crippen MR) is 91.6 cm³/mol. The van der Waals surface area contributed by atoms with Gasteiger partial charge in [0.2, 0.25) is 0 Å². The van der Waals surface area contributed by atoms with Crippen LogP contribution < -0.4 is 4.74 Å². The first-order chi connectivity index (χ1) is 11.5. The predicted octanol–water partition coefficient (Wildman–Crippen LogP) is 3.05. The van der Waals surface area contributed by atoms with E-state index in [1.165, 1.54) is 32.3 Å². The lowest BCUT2D eigenvalue weighted by atomic mass is 10.0. The number of pyridine rings is 1. The summed E-state index contributed by atoms with van der Waals surface area (Å²) in [7, 11) is 1.44. The third kappa shape index (κ3) is 4.39. The number of hydrogen-bond donors (Lipinski definition) is 1. The number of methoxy groups -OCH3 is 1. The maximum atomic E-state index is 12.3. The summed E-state index contributed by atoms with van der Waals surface area (Å²) < 4.78 is 5.01. The molecular weight excluding hydrogens is 306 g/mol. The Morgan fingerprint density at radius 3 is 2.62 bits per heavy atom. The number of phenolic OH excluding ortho intramolecular Hbond substituents is 1. The van der Waals surface area contributed by atoms with E-state index in [2.05, 4.69) is 4.98 Å². The van der Waals surface area contributed by atoms with Crippen molar-refractivity contribution in [2.75, 3.05) is 7.11 Å². The molecule has 0 amide bonds. The van der Waals surface area contributed by atoms with Gasteiger partial charge in [-0.25, -0.2) is 0 Å². The Labute approximate surface area is 139 Å². The highest BCUT2D eigenvalue weighted by molar-refractivity contribution is 6.26. The first-order valence-electron chi connectivity index (χ1n) is 7.24. The van der Waals surface area contributed by atoms with E-state index in [-0.39, 0.29) is 17.1 Å². The van der Waals surface area contributed by atoms with Gasteiger partial charge in [-0.15, -0.1) is 0 Å². The second-order valence-electron chi connectivity index (χ2n) is 5.00. The van der Waals surface area contributed by atoms with Gasteiger partial charge in [0.1, 0.15) is 0 Å². The summed E-state index contributed by atoms with van der Waals surface area (Å²) in [5.41, 5.74) is 1.25. The number of aromatic hydroxyl groups is 1. The average molecular weight is 323 g/mol. The van der Waals surface area contributed by atoms with Gasteiger partial charge in [-0.3, -0.25) is 14.6 Å². The second-order valence-corrected chi connectivity index (χ2v) is 5.00. The molecule has 0 unspecified atom stereocenters. The molecule has 0 radical (unpaired) electrons. The Hall–Kier alpha value is -3.21. The monoisotopic (exact) mass is 323 g/mol.